The third-order valence-corrected chi connectivity index (χ3v) is 7.15. The highest BCUT2D eigenvalue weighted by atomic mass is 16.5. The highest BCUT2D eigenvalue weighted by molar-refractivity contribution is 6.04. The molecule has 0 fully saturated rings. The molecule has 1 heterocycles. The third-order valence-electron chi connectivity index (χ3n) is 7.15. The summed E-state index contributed by atoms with van der Waals surface area (Å²) in [4.78, 5) is 27.0. The first-order chi connectivity index (χ1) is 16.8. The standard InChI is InChI=1S/C30H38N2O3/c1-4-5-13-21-14-9-10-15-22(21)25-26-23(18-30(2,3)19-24(26)33)32-28(31)27(25)29(34)35-17-16-20-11-7-6-8-12-20/h7,9-12,14-15,25,32H,4-6,8,13,16-19,31H2,1-3H3. The van der Waals surface area contributed by atoms with Crippen molar-refractivity contribution in [2.24, 2.45) is 11.1 Å². The molecular weight excluding hydrogens is 436 g/mol. The summed E-state index contributed by atoms with van der Waals surface area (Å²) in [7, 11) is 0. The molecule has 3 N–H and O–H groups in total. The van der Waals surface area contributed by atoms with Crippen LogP contribution in [-0.4, -0.2) is 18.4 Å². The number of carbonyl (C=O) groups is 2. The Morgan fingerprint density at radius 1 is 1.17 bits per heavy atom. The second-order valence-electron chi connectivity index (χ2n) is 10.7. The zero-order valence-electron chi connectivity index (χ0n) is 21.3. The van der Waals surface area contributed by atoms with Gasteiger partial charge in [0.25, 0.3) is 0 Å². The van der Waals surface area contributed by atoms with Gasteiger partial charge in [0, 0.05) is 24.1 Å². The summed E-state index contributed by atoms with van der Waals surface area (Å²) in [6, 6.07) is 8.14. The largest absolute Gasteiger partial charge is 0.462 e. The number of esters is 1. The molecule has 0 spiro atoms. The van der Waals surface area contributed by atoms with Crippen molar-refractivity contribution in [1.29, 1.82) is 0 Å². The van der Waals surface area contributed by atoms with Gasteiger partial charge in [-0.15, -0.1) is 0 Å². The topological polar surface area (TPSA) is 81.4 Å². The number of hydrogen-bond acceptors (Lipinski definition) is 5. The number of nitrogens with two attached hydrogens (primary N) is 1. The van der Waals surface area contributed by atoms with Gasteiger partial charge in [0.2, 0.25) is 0 Å². The van der Waals surface area contributed by atoms with E-state index in [-0.39, 0.29) is 17.8 Å². The normalized spacial score (nSPS) is 21.4. The van der Waals surface area contributed by atoms with Gasteiger partial charge in [-0.1, -0.05) is 69.7 Å². The monoisotopic (exact) mass is 474 g/mol. The SMILES string of the molecule is CCCCc1ccccc1C1C(C(=O)OCCC2=CCCC=C2)=C(N)NC2=C1C(=O)CC(C)(C)C2. The lowest BCUT2D eigenvalue weighted by atomic mass is 9.68. The van der Waals surface area contributed by atoms with Crippen molar-refractivity contribution >= 4 is 11.8 Å². The average molecular weight is 475 g/mol. The molecule has 0 bridgehead atoms. The van der Waals surface area contributed by atoms with Crippen molar-refractivity contribution in [2.75, 3.05) is 6.61 Å². The van der Waals surface area contributed by atoms with Gasteiger partial charge in [-0.3, -0.25) is 4.79 Å². The lowest BCUT2D eigenvalue weighted by Crippen LogP contribution is -2.41. The summed E-state index contributed by atoms with van der Waals surface area (Å²) in [6.07, 6.45) is 13.3. The zero-order valence-corrected chi connectivity index (χ0v) is 21.3. The molecular formula is C30H38N2O3. The maximum absolute atomic E-state index is 13.5. The van der Waals surface area contributed by atoms with Gasteiger partial charge in [-0.25, -0.2) is 4.79 Å². The van der Waals surface area contributed by atoms with E-state index in [1.165, 1.54) is 5.57 Å². The lowest BCUT2D eigenvalue weighted by molar-refractivity contribution is -0.139. The number of dihydropyridines is 1. The molecule has 0 saturated carbocycles. The lowest BCUT2D eigenvalue weighted by Gasteiger charge is -2.39. The van der Waals surface area contributed by atoms with Crippen LogP contribution in [0, 0.1) is 5.41 Å². The maximum Gasteiger partial charge on any atom is 0.338 e. The van der Waals surface area contributed by atoms with Gasteiger partial charge in [0.15, 0.2) is 5.78 Å². The number of ether oxygens (including phenoxy) is 1. The zero-order chi connectivity index (χ0) is 25.0. The number of carbonyl (C=O) groups excluding carboxylic acids is 2. The molecule has 0 radical (unpaired) electrons. The molecule has 1 atom stereocenters. The summed E-state index contributed by atoms with van der Waals surface area (Å²) >= 11 is 0. The molecule has 4 rings (SSSR count). The second-order valence-corrected chi connectivity index (χ2v) is 10.7. The summed E-state index contributed by atoms with van der Waals surface area (Å²) < 4.78 is 5.76. The summed E-state index contributed by atoms with van der Waals surface area (Å²) in [5, 5.41) is 3.23. The first-order valence-electron chi connectivity index (χ1n) is 12.9. The minimum absolute atomic E-state index is 0.0781. The predicted molar refractivity (Wildman–Crippen MR) is 139 cm³/mol. The predicted octanol–water partition coefficient (Wildman–Crippen LogP) is 5.74. The van der Waals surface area contributed by atoms with Gasteiger partial charge in [-0.05, 0) is 54.2 Å². The van der Waals surface area contributed by atoms with E-state index in [2.05, 4.69) is 50.4 Å². The second kappa shape index (κ2) is 10.7. The van der Waals surface area contributed by atoms with Gasteiger partial charge in [-0.2, -0.15) is 0 Å². The molecule has 0 saturated heterocycles. The van der Waals surface area contributed by atoms with Crippen LogP contribution in [0.25, 0.3) is 0 Å². The van der Waals surface area contributed by atoms with E-state index in [0.29, 0.717) is 36.2 Å². The average Bonchev–Trinajstić information content (AvgIpc) is 2.82. The van der Waals surface area contributed by atoms with E-state index in [9.17, 15) is 9.59 Å². The van der Waals surface area contributed by atoms with Crippen molar-refractivity contribution in [2.45, 2.75) is 78.1 Å². The van der Waals surface area contributed by atoms with Crippen LogP contribution in [0.15, 0.2) is 70.7 Å². The number of ketones is 1. The van der Waals surface area contributed by atoms with Crippen LogP contribution in [0.3, 0.4) is 0 Å². The Balaban J connectivity index is 1.69. The van der Waals surface area contributed by atoms with Crippen molar-refractivity contribution < 1.29 is 14.3 Å². The summed E-state index contributed by atoms with van der Waals surface area (Å²) in [5.41, 5.74) is 11.5. The maximum atomic E-state index is 13.5. The summed E-state index contributed by atoms with van der Waals surface area (Å²) in [6.45, 7) is 6.64. The van der Waals surface area contributed by atoms with Gasteiger partial charge < -0.3 is 15.8 Å². The molecule has 1 aromatic carbocycles. The number of allylic oxidation sites excluding steroid dienone is 5. The molecule has 35 heavy (non-hydrogen) atoms. The molecule has 5 nitrogen and oxygen atoms in total. The van der Waals surface area contributed by atoms with Crippen LogP contribution >= 0.6 is 0 Å². The van der Waals surface area contributed by atoms with Crippen LogP contribution in [0.4, 0.5) is 0 Å². The molecule has 1 aromatic rings. The molecule has 186 valence electrons. The first kappa shape index (κ1) is 25.0. The minimum atomic E-state index is -0.510. The van der Waals surface area contributed by atoms with Crippen LogP contribution in [0.2, 0.25) is 0 Å². The smallest absolute Gasteiger partial charge is 0.338 e. The fourth-order valence-corrected chi connectivity index (χ4v) is 5.45. The van der Waals surface area contributed by atoms with Gasteiger partial charge in [0.05, 0.1) is 18.1 Å². The fraction of sp³-hybridized carbons (Fsp3) is 0.467. The van der Waals surface area contributed by atoms with E-state index >= 15 is 0 Å². The van der Waals surface area contributed by atoms with Crippen molar-refractivity contribution in [3.63, 3.8) is 0 Å². The molecule has 5 heteroatoms. The number of aryl methyl sites for hydroxylation is 1. The highest BCUT2D eigenvalue weighted by Crippen LogP contribution is 2.47. The van der Waals surface area contributed by atoms with E-state index in [0.717, 1.165) is 48.9 Å². The number of Topliss-reactive ketones (excluding diaryl/α,β-unsaturated/α-hetero) is 1. The number of nitrogens with one attached hydrogen (secondary N) is 1. The van der Waals surface area contributed by atoms with Gasteiger partial charge in [0.1, 0.15) is 5.82 Å². The Morgan fingerprint density at radius 2 is 1.97 bits per heavy atom. The van der Waals surface area contributed by atoms with Crippen LogP contribution in [-0.2, 0) is 20.7 Å². The Hall–Kier alpha value is -3.08. The fourth-order valence-electron chi connectivity index (χ4n) is 5.45. The quantitative estimate of drug-likeness (QED) is 0.470. The highest BCUT2D eigenvalue weighted by Gasteiger charge is 2.44. The van der Waals surface area contributed by atoms with E-state index in [4.69, 9.17) is 10.5 Å². The van der Waals surface area contributed by atoms with Crippen molar-refractivity contribution in [3.8, 4) is 0 Å². The molecule has 0 amide bonds. The first-order valence-corrected chi connectivity index (χ1v) is 12.9. The Bertz CT molecular complexity index is 1120. The number of unbranched alkanes of at least 4 members (excludes halogenated alkanes) is 1. The number of hydrogen-bond donors (Lipinski definition) is 2. The van der Waals surface area contributed by atoms with Crippen molar-refractivity contribution in [1.82, 2.24) is 5.32 Å². The minimum Gasteiger partial charge on any atom is -0.462 e. The Kier molecular flexibility index (Phi) is 7.63. The molecule has 1 unspecified atom stereocenters. The number of benzene rings is 1. The molecule has 3 aliphatic rings. The van der Waals surface area contributed by atoms with E-state index in [1.54, 1.807) is 0 Å². The molecule has 2 aliphatic carbocycles. The third kappa shape index (κ3) is 5.61. The van der Waals surface area contributed by atoms with Gasteiger partial charge >= 0.3 is 5.97 Å². The molecule has 1 aliphatic heterocycles. The molecule has 0 aromatic heterocycles. The Labute approximate surface area is 209 Å². The van der Waals surface area contributed by atoms with Crippen LogP contribution in [0.5, 0.6) is 0 Å². The summed E-state index contributed by atoms with van der Waals surface area (Å²) in [5.74, 6) is -0.584. The number of rotatable bonds is 8. The Morgan fingerprint density at radius 3 is 2.71 bits per heavy atom. The van der Waals surface area contributed by atoms with Crippen LogP contribution < -0.4 is 11.1 Å². The van der Waals surface area contributed by atoms with Crippen LogP contribution in [0.1, 0.15) is 82.8 Å². The van der Waals surface area contributed by atoms with E-state index in [1.807, 2.05) is 18.2 Å². The van der Waals surface area contributed by atoms with E-state index < -0.39 is 11.9 Å². The van der Waals surface area contributed by atoms with Crippen molar-refractivity contribution in [3.05, 3.63) is 81.9 Å².